The number of ether oxygens (including phenoxy) is 1. The molecule has 4 nitrogen and oxygen atoms in total. The molecule has 0 aromatic heterocycles. The molecule has 6 heteroatoms. The molecular formula is C11H12F2N2O2. The molecule has 0 spiro atoms. The van der Waals surface area contributed by atoms with Crippen LogP contribution in [0.1, 0.15) is 6.42 Å². The summed E-state index contributed by atoms with van der Waals surface area (Å²) in [6, 6.07) is 4.58. The van der Waals surface area contributed by atoms with Crippen LogP contribution in [0.3, 0.4) is 0 Å². The average molecular weight is 242 g/mol. The van der Waals surface area contributed by atoms with Crippen molar-refractivity contribution in [2.75, 3.05) is 18.2 Å². The third kappa shape index (κ3) is 2.30. The van der Waals surface area contributed by atoms with Crippen LogP contribution in [0.2, 0.25) is 0 Å². The number of nitrogens with two attached hydrogens (primary N) is 1. The minimum absolute atomic E-state index is 0.341. The molecule has 1 aliphatic rings. The summed E-state index contributed by atoms with van der Waals surface area (Å²) in [5.74, 6) is -4.28. The van der Waals surface area contributed by atoms with Crippen molar-refractivity contribution in [3.8, 4) is 5.75 Å². The zero-order valence-corrected chi connectivity index (χ0v) is 9.17. The Bertz CT molecular complexity index is 463. The molecule has 92 valence electrons. The molecule has 0 heterocycles. The Hall–Kier alpha value is -1.85. The van der Waals surface area contributed by atoms with Gasteiger partial charge < -0.3 is 15.8 Å². The molecule has 2 rings (SSSR count). The molecule has 1 aliphatic carbocycles. The lowest BCUT2D eigenvalue weighted by atomic mass is 10.2. The number of amides is 1. The van der Waals surface area contributed by atoms with Crippen LogP contribution in [0, 0.1) is 5.92 Å². The zero-order chi connectivity index (χ0) is 12.6. The third-order valence-corrected chi connectivity index (χ3v) is 2.64. The lowest BCUT2D eigenvalue weighted by Crippen LogP contribution is -2.17. The standard InChI is InChI=1S/C11H12F2N2O2/c1-17-9-3-2-6(4-8(9)14)15-10(16)7-5-11(7,12)13/h2-4,7H,5,14H2,1H3,(H,15,16). The Morgan fingerprint density at radius 3 is 2.71 bits per heavy atom. The molecular weight excluding hydrogens is 230 g/mol. The van der Waals surface area contributed by atoms with Gasteiger partial charge in [0.2, 0.25) is 5.91 Å². The van der Waals surface area contributed by atoms with Crippen molar-refractivity contribution < 1.29 is 18.3 Å². The van der Waals surface area contributed by atoms with Crippen molar-refractivity contribution in [3.63, 3.8) is 0 Å². The second-order valence-electron chi connectivity index (χ2n) is 3.96. The van der Waals surface area contributed by atoms with Gasteiger partial charge in [0.15, 0.2) is 0 Å². The van der Waals surface area contributed by atoms with Crippen LogP contribution in [0.15, 0.2) is 18.2 Å². The first-order valence-electron chi connectivity index (χ1n) is 5.06. The average Bonchev–Trinajstić information content (AvgIpc) is 2.88. The molecule has 1 aromatic carbocycles. The van der Waals surface area contributed by atoms with Gasteiger partial charge in [0, 0.05) is 12.1 Å². The summed E-state index contributed by atoms with van der Waals surface area (Å²) >= 11 is 0. The number of benzene rings is 1. The predicted molar refractivity (Wildman–Crippen MR) is 59.1 cm³/mol. The molecule has 17 heavy (non-hydrogen) atoms. The Kier molecular flexibility index (Phi) is 2.65. The minimum Gasteiger partial charge on any atom is -0.495 e. The number of carbonyl (C=O) groups excluding carboxylic acids is 1. The van der Waals surface area contributed by atoms with Crippen molar-refractivity contribution in [2.24, 2.45) is 5.92 Å². The highest BCUT2D eigenvalue weighted by atomic mass is 19.3. The van der Waals surface area contributed by atoms with Crippen molar-refractivity contribution in [1.29, 1.82) is 0 Å². The fraction of sp³-hybridized carbons (Fsp3) is 0.364. The van der Waals surface area contributed by atoms with Crippen LogP contribution >= 0.6 is 0 Å². The van der Waals surface area contributed by atoms with E-state index in [1.165, 1.54) is 13.2 Å². The SMILES string of the molecule is COc1ccc(NC(=O)C2CC2(F)F)cc1N. The first kappa shape index (κ1) is 11.6. The number of nitrogens with one attached hydrogen (secondary N) is 1. The number of nitrogen functional groups attached to an aromatic ring is 1. The van der Waals surface area contributed by atoms with Crippen molar-refractivity contribution in [3.05, 3.63) is 18.2 Å². The van der Waals surface area contributed by atoms with Gasteiger partial charge in [0.25, 0.3) is 5.92 Å². The molecule has 1 saturated carbocycles. The van der Waals surface area contributed by atoms with Crippen LogP contribution < -0.4 is 15.8 Å². The maximum Gasteiger partial charge on any atom is 0.260 e. The number of rotatable bonds is 3. The molecule has 0 aliphatic heterocycles. The Morgan fingerprint density at radius 1 is 1.59 bits per heavy atom. The van der Waals surface area contributed by atoms with Crippen LogP contribution in [0.5, 0.6) is 5.75 Å². The van der Waals surface area contributed by atoms with E-state index in [9.17, 15) is 13.6 Å². The number of anilines is 2. The van der Waals surface area contributed by atoms with E-state index in [0.717, 1.165) is 0 Å². The van der Waals surface area contributed by atoms with Gasteiger partial charge in [-0.1, -0.05) is 0 Å². The summed E-state index contributed by atoms with van der Waals surface area (Å²) in [6.07, 6.45) is -0.384. The van der Waals surface area contributed by atoms with E-state index in [2.05, 4.69) is 5.32 Å². The molecule has 1 unspecified atom stereocenters. The highest BCUT2D eigenvalue weighted by Gasteiger charge is 2.61. The number of halogens is 2. The number of carbonyl (C=O) groups is 1. The van der Waals surface area contributed by atoms with Gasteiger partial charge in [-0.05, 0) is 18.2 Å². The lowest BCUT2D eigenvalue weighted by Gasteiger charge is -2.08. The van der Waals surface area contributed by atoms with Crippen molar-refractivity contribution in [2.45, 2.75) is 12.3 Å². The monoisotopic (exact) mass is 242 g/mol. The fourth-order valence-electron chi connectivity index (χ4n) is 1.54. The van der Waals surface area contributed by atoms with Gasteiger partial charge in [-0.2, -0.15) is 0 Å². The van der Waals surface area contributed by atoms with Gasteiger partial charge in [-0.25, -0.2) is 8.78 Å². The highest BCUT2D eigenvalue weighted by molar-refractivity contribution is 5.95. The summed E-state index contributed by atoms with van der Waals surface area (Å²) in [5.41, 5.74) is 6.35. The zero-order valence-electron chi connectivity index (χ0n) is 9.17. The normalized spacial score (nSPS) is 20.8. The predicted octanol–water partition coefficient (Wildman–Crippen LogP) is 1.87. The fourth-order valence-corrected chi connectivity index (χ4v) is 1.54. The van der Waals surface area contributed by atoms with E-state index >= 15 is 0 Å². The van der Waals surface area contributed by atoms with Gasteiger partial charge in [-0.15, -0.1) is 0 Å². The smallest absolute Gasteiger partial charge is 0.260 e. The second kappa shape index (κ2) is 3.87. The quantitative estimate of drug-likeness (QED) is 0.795. The van der Waals surface area contributed by atoms with Gasteiger partial charge >= 0.3 is 0 Å². The topological polar surface area (TPSA) is 64.3 Å². The Balaban J connectivity index is 2.05. The van der Waals surface area contributed by atoms with Crippen LogP contribution in [0.25, 0.3) is 0 Å². The summed E-state index contributed by atoms with van der Waals surface area (Å²) in [5, 5.41) is 2.40. The van der Waals surface area contributed by atoms with Gasteiger partial charge in [0.05, 0.1) is 12.8 Å². The van der Waals surface area contributed by atoms with E-state index in [-0.39, 0.29) is 6.42 Å². The Labute approximate surface area is 96.7 Å². The first-order chi connectivity index (χ1) is 7.94. The van der Waals surface area contributed by atoms with Crippen molar-refractivity contribution in [1.82, 2.24) is 0 Å². The molecule has 0 bridgehead atoms. The molecule has 1 atom stereocenters. The largest absolute Gasteiger partial charge is 0.495 e. The molecule has 3 N–H and O–H groups in total. The second-order valence-corrected chi connectivity index (χ2v) is 3.96. The maximum absolute atomic E-state index is 12.6. The van der Waals surface area contributed by atoms with Crippen molar-refractivity contribution >= 4 is 17.3 Å². The van der Waals surface area contributed by atoms with E-state index < -0.39 is 17.7 Å². The number of methoxy groups -OCH3 is 1. The number of hydrogen-bond donors (Lipinski definition) is 2. The lowest BCUT2D eigenvalue weighted by molar-refractivity contribution is -0.119. The first-order valence-corrected chi connectivity index (χ1v) is 5.06. The van der Waals surface area contributed by atoms with E-state index in [4.69, 9.17) is 10.5 Å². The van der Waals surface area contributed by atoms with Crippen LogP contribution in [-0.4, -0.2) is 18.9 Å². The molecule has 1 aromatic rings. The minimum atomic E-state index is -2.86. The summed E-state index contributed by atoms with van der Waals surface area (Å²) in [7, 11) is 1.47. The molecule has 0 saturated heterocycles. The van der Waals surface area contributed by atoms with Crippen LogP contribution in [0.4, 0.5) is 20.2 Å². The maximum atomic E-state index is 12.6. The highest BCUT2D eigenvalue weighted by Crippen LogP contribution is 2.49. The van der Waals surface area contributed by atoms with Crippen LogP contribution in [-0.2, 0) is 4.79 Å². The van der Waals surface area contributed by atoms with Gasteiger partial charge in [0.1, 0.15) is 11.7 Å². The summed E-state index contributed by atoms with van der Waals surface area (Å²) < 4.78 is 30.2. The van der Waals surface area contributed by atoms with E-state index in [0.29, 0.717) is 17.1 Å². The molecule has 1 fully saturated rings. The van der Waals surface area contributed by atoms with Gasteiger partial charge in [-0.3, -0.25) is 4.79 Å². The van der Waals surface area contributed by atoms with E-state index in [1.807, 2.05) is 0 Å². The summed E-state index contributed by atoms with van der Waals surface area (Å²) in [6.45, 7) is 0. The third-order valence-electron chi connectivity index (χ3n) is 2.64. The molecule has 0 radical (unpaired) electrons. The Morgan fingerprint density at radius 2 is 2.24 bits per heavy atom. The van der Waals surface area contributed by atoms with E-state index in [1.54, 1.807) is 12.1 Å². The molecule has 1 amide bonds. The number of hydrogen-bond acceptors (Lipinski definition) is 3. The summed E-state index contributed by atoms with van der Waals surface area (Å²) in [4.78, 5) is 11.4. The number of alkyl halides is 2.